The van der Waals surface area contributed by atoms with Gasteiger partial charge in [0.15, 0.2) is 17.2 Å². The fraction of sp³-hybridized carbons (Fsp3) is 0.217. The van der Waals surface area contributed by atoms with Gasteiger partial charge in [-0.25, -0.2) is 4.98 Å². The van der Waals surface area contributed by atoms with E-state index in [1.54, 1.807) is 14.2 Å². The fourth-order valence-corrected chi connectivity index (χ4v) is 4.00. The molecule has 0 radical (unpaired) electrons. The lowest BCUT2D eigenvalue weighted by molar-refractivity contribution is -0.144. The maximum atomic E-state index is 12.3. The first-order chi connectivity index (χ1) is 16.1. The fourth-order valence-electron chi connectivity index (χ4n) is 3.20. The van der Waals surface area contributed by atoms with E-state index in [1.807, 2.05) is 47.8 Å². The number of fused-ring (bicyclic) bond motifs is 1. The highest BCUT2D eigenvalue weighted by Crippen LogP contribution is 2.33. The molecule has 170 valence electrons. The molecule has 4 aromatic rings. The average Bonchev–Trinajstić information content (AvgIpc) is 3.49. The number of para-hydroxylation sites is 1. The van der Waals surface area contributed by atoms with E-state index in [4.69, 9.17) is 14.2 Å². The van der Waals surface area contributed by atoms with Crippen molar-refractivity contribution >= 4 is 34.1 Å². The minimum absolute atomic E-state index is 0.0424. The van der Waals surface area contributed by atoms with Gasteiger partial charge in [-0.1, -0.05) is 18.2 Å². The van der Waals surface area contributed by atoms with Crippen LogP contribution in [0, 0.1) is 0 Å². The second-order valence-electron chi connectivity index (χ2n) is 7.00. The molecule has 0 unspecified atom stereocenters. The predicted octanol–water partition coefficient (Wildman–Crippen LogP) is 3.57. The molecule has 9 nitrogen and oxygen atoms in total. The van der Waals surface area contributed by atoms with E-state index in [0.29, 0.717) is 22.9 Å². The Balaban J connectivity index is 1.26. The zero-order valence-electron chi connectivity index (χ0n) is 18.1. The predicted molar refractivity (Wildman–Crippen MR) is 123 cm³/mol. The van der Waals surface area contributed by atoms with Crippen LogP contribution in [0.1, 0.15) is 22.6 Å². The highest BCUT2D eigenvalue weighted by Gasteiger charge is 2.15. The molecule has 0 fully saturated rings. The second kappa shape index (κ2) is 10.1. The Bertz CT molecular complexity index is 1280. The van der Waals surface area contributed by atoms with Gasteiger partial charge in [0.25, 0.3) is 5.91 Å². The van der Waals surface area contributed by atoms with Crippen molar-refractivity contribution in [2.45, 2.75) is 13.0 Å². The Morgan fingerprint density at radius 1 is 1.09 bits per heavy atom. The van der Waals surface area contributed by atoms with Gasteiger partial charge in [-0.2, -0.15) is 5.10 Å². The van der Waals surface area contributed by atoms with E-state index in [0.717, 1.165) is 21.5 Å². The molecule has 0 spiro atoms. The van der Waals surface area contributed by atoms with Gasteiger partial charge in [-0.3, -0.25) is 14.7 Å². The van der Waals surface area contributed by atoms with Crippen LogP contribution in [0.4, 0.5) is 0 Å². The van der Waals surface area contributed by atoms with Crippen molar-refractivity contribution in [3.8, 4) is 22.1 Å². The van der Waals surface area contributed by atoms with Crippen molar-refractivity contribution in [3.05, 3.63) is 59.2 Å². The molecule has 0 aliphatic carbocycles. The number of amides is 1. The molecule has 0 aliphatic rings. The number of benzene rings is 2. The first-order valence-electron chi connectivity index (χ1n) is 10.1. The number of thiazole rings is 1. The van der Waals surface area contributed by atoms with Crippen molar-refractivity contribution in [1.29, 1.82) is 0 Å². The van der Waals surface area contributed by atoms with Crippen molar-refractivity contribution < 1.29 is 23.8 Å². The maximum absolute atomic E-state index is 12.3. The van der Waals surface area contributed by atoms with Crippen LogP contribution in [0.15, 0.2) is 47.8 Å². The van der Waals surface area contributed by atoms with Crippen LogP contribution in [0.3, 0.4) is 0 Å². The van der Waals surface area contributed by atoms with Gasteiger partial charge < -0.3 is 19.5 Å². The van der Waals surface area contributed by atoms with Crippen LogP contribution >= 0.6 is 11.3 Å². The first-order valence-corrected chi connectivity index (χ1v) is 11.0. The van der Waals surface area contributed by atoms with Gasteiger partial charge in [0.1, 0.15) is 11.6 Å². The molecule has 0 atom stereocenters. The number of hydrogen-bond donors (Lipinski definition) is 2. The monoisotopic (exact) mass is 466 g/mol. The van der Waals surface area contributed by atoms with Gasteiger partial charge in [-0.05, 0) is 24.3 Å². The normalized spacial score (nSPS) is 10.7. The molecule has 0 bridgehead atoms. The lowest BCUT2D eigenvalue weighted by Gasteiger charge is -2.08. The third-order valence-corrected chi connectivity index (χ3v) is 5.80. The number of nitrogens with one attached hydrogen (secondary N) is 2. The topological polar surface area (TPSA) is 115 Å². The summed E-state index contributed by atoms with van der Waals surface area (Å²) in [5.41, 5.74) is 2.59. The third kappa shape index (κ3) is 5.12. The molecule has 0 saturated carbocycles. The number of esters is 1. The standard InChI is InChI=1S/C23H22N4O5S/c1-30-18-8-7-14(11-19(18)31-2)23-25-15(13-33-23)12-32-20(28)9-10-24-22(29)21-16-5-3-4-6-17(16)26-27-21/h3-8,11,13H,9-10,12H2,1-2H3,(H,24,29)(H,26,27). The Morgan fingerprint density at radius 2 is 1.91 bits per heavy atom. The van der Waals surface area contributed by atoms with Gasteiger partial charge in [0.05, 0.1) is 31.9 Å². The van der Waals surface area contributed by atoms with Crippen LogP contribution < -0.4 is 14.8 Å². The Kier molecular flexibility index (Phi) is 6.84. The van der Waals surface area contributed by atoms with Gasteiger partial charge in [-0.15, -0.1) is 11.3 Å². The Labute approximate surface area is 193 Å². The molecule has 2 heterocycles. The largest absolute Gasteiger partial charge is 0.493 e. The van der Waals surface area contributed by atoms with Crippen molar-refractivity contribution in [2.24, 2.45) is 0 Å². The minimum Gasteiger partial charge on any atom is -0.493 e. The molecule has 1 amide bonds. The van der Waals surface area contributed by atoms with Gasteiger partial charge in [0.2, 0.25) is 0 Å². The summed E-state index contributed by atoms with van der Waals surface area (Å²) in [6.07, 6.45) is 0.0424. The summed E-state index contributed by atoms with van der Waals surface area (Å²) in [5, 5.41) is 12.9. The summed E-state index contributed by atoms with van der Waals surface area (Å²) in [5.74, 6) is 0.477. The number of carbonyl (C=O) groups excluding carboxylic acids is 2. The van der Waals surface area contributed by atoms with E-state index in [1.165, 1.54) is 11.3 Å². The van der Waals surface area contributed by atoms with E-state index >= 15 is 0 Å². The van der Waals surface area contributed by atoms with Gasteiger partial charge >= 0.3 is 5.97 Å². The zero-order chi connectivity index (χ0) is 23.2. The summed E-state index contributed by atoms with van der Waals surface area (Å²) in [4.78, 5) is 28.9. The summed E-state index contributed by atoms with van der Waals surface area (Å²) < 4.78 is 15.9. The third-order valence-electron chi connectivity index (χ3n) is 4.86. The quantitative estimate of drug-likeness (QED) is 0.362. The molecular formula is C23H22N4O5S. The summed E-state index contributed by atoms with van der Waals surface area (Å²) in [6, 6.07) is 12.9. The number of ether oxygens (including phenoxy) is 3. The highest BCUT2D eigenvalue weighted by atomic mass is 32.1. The van der Waals surface area contributed by atoms with Crippen LogP contribution in [0.5, 0.6) is 11.5 Å². The van der Waals surface area contributed by atoms with E-state index < -0.39 is 5.97 Å². The van der Waals surface area contributed by atoms with Crippen molar-refractivity contribution in [1.82, 2.24) is 20.5 Å². The molecule has 33 heavy (non-hydrogen) atoms. The highest BCUT2D eigenvalue weighted by molar-refractivity contribution is 7.13. The molecule has 4 rings (SSSR count). The lowest BCUT2D eigenvalue weighted by atomic mass is 10.2. The molecular weight excluding hydrogens is 444 g/mol. The summed E-state index contributed by atoms with van der Waals surface area (Å²) in [7, 11) is 3.16. The van der Waals surface area contributed by atoms with Crippen LogP contribution in [-0.2, 0) is 16.1 Å². The summed E-state index contributed by atoms with van der Waals surface area (Å²) >= 11 is 1.44. The number of H-pyrrole nitrogens is 1. The number of aromatic amines is 1. The molecule has 0 saturated heterocycles. The number of nitrogens with zero attached hydrogens (tertiary/aromatic N) is 2. The van der Waals surface area contributed by atoms with Crippen molar-refractivity contribution in [3.63, 3.8) is 0 Å². The maximum Gasteiger partial charge on any atom is 0.307 e. The number of aromatic nitrogens is 3. The molecule has 2 N–H and O–H groups in total. The Morgan fingerprint density at radius 3 is 2.73 bits per heavy atom. The van der Waals surface area contributed by atoms with Crippen LogP contribution in [-0.4, -0.2) is 47.8 Å². The van der Waals surface area contributed by atoms with E-state index in [9.17, 15) is 9.59 Å². The Hall–Kier alpha value is -3.92. The number of carbonyl (C=O) groups is 2. The average molecular weight is 467 g/mol. The lowest BCUT2D eigenvalue weighted by Crippen LogP contribution is -2.27. The summed E-state index contributed by atoms with van der Waals surface area (Å²) in [6.45, 7) is 0.202. The second-order valence-corrected chi connectivity index (χ2v) is 7.86. The molecule has 2 aromatic carbocycles. The number of rotatable bonds is 9. The number of hydrogen-bond acceptors (Lipinski definition) is 8. The molecule has 0 aliphatic heterocycles. The van der Waals surface area contributed by atoms with E-state index in [-0.39, 0.29) is 25.5 Å². The SMILES string of the molecule is COc1ccc(-c2nc(COC(=O)CCNC(=O)c3n[nH]c4ccccc34)cs2)cc1OC. The van der Waals surface area contributed by atoms with Gasteiger partial charge in [0, 0.05) is 22.9 Å². The van der Waals surface area contributed by atoms with E-state index in [2.05, 4.69) is 20.5 Å². The first kappa shape index (κ1) is 22.3. The smallest absolute Gasteiger partial charge is 0.307 e. The van der Waals surface area contributed by atoms with Crippen LogP contribution in [0.25, 0.3) is 21.5 Å². The van der Waals surface area contributed by atoms with Crippen LogP contribution in [0.2, 0.25) is 0 Å². The van der Waals surface area contributed by atoms with Crippen molar-refractivity contribution in [2.75, 3.05) is 20.8 Å². The number of methoxy groups -OCH3 is 2. The molecule has 10 heteroatoms. The minimum atomic E-state index is -0.428. The molecule has 2 aromatic heterocycles. The zero-order valence-corrected chi connectivity index (χ0v) is 18.9.